The summed E-state index contributed by atoms with van der Waals surface area (Å²) in [6.45, 7) is 3.81. The van der Waals surface area contributed by atoms with Crippen molar-refractivity contribution in [1.29, 1.82) is 0 Å². The second kappa shape index (κ2) is 7.99. The van der Waals surface area contributed by atoms with Crippen LogP contribution in [-0.2, 0) is 16.1 Å². The van der Waals surface area contributed by atoms with E-state index in [1.165, 1.54) is 6.07 Å². The maximum Gasteiger partial charge on any atom is 0.336 e. The van der Waals surface area contributed by atoms with E-state index >= 15 is 0 Å². The molecule has 0 unspecified atom stereocenters. The van der Waals surface area contributed by atoms with Crippen LogP contribution in [0.15, 0.2) is 57.7 Å². The summed E-state index contributed by atoms with van der Waals surface area (Å²) in [6.07, 6.45) is 0.0734. The quantitative estimate of drug-likeness (QED) is 0.374. The Kier molecular flexibility index (Phi) is 5.50. The summed E-state index contributed by atoms with van der Waals surface area (Å²) in [5, 5.41) is 0.726. The van der Waals surface area contributed by atoms with Crippen molar-refractivity contribution in [2.45, 2.75) is 33.3 Å². The van der Waals surface area contributed by atoms with Crippen LogP contribution in [0, 0.1) is 13.8 Å². The Labute approximate surface area is 156 Å². The van der Waals surface area contributed by atoms with Crippen LogP contribution in [-0.4, -0.2) is 11.8 Å². The molecule has 0 aliphatic carbocycles. The van der Waals surface area contributed by atoms with E-state index < -0.39 is 11.6 Å². The molecule has 27 heavy (non-hydrogen) atoms. The molecule has 1 heterocycles. The predicted molar refractivity (Wildman–Crippen MR) is 102 cm³/mol. The van der Waals surface area contributed by atoms with Gasteiger partial charge in [-0.2, -0.15) is 0 Å². The second-order valence-electron chi connectivity index (χ2n) is 6.54. The largest absolute Gasteiger partial charge is 0.461 e. The minimum atomic E-state index is -0.492. The van der Waals surface area contributed by atoms with Gasteiger partial charge in [-0.1, -0.05) is 42.0 Å². The molecule has 0 saturated carbocycles. The zero-order valence-corrected chi connectivity index (χ0v) is 15.3. The SMILES string of the molecule is Cc1ccc(C(=O)CCC(=O)OCc2cc(=O)oc3cc(C)ccc23)cc1. The summed E-state index contributed by atoms with van der Waals surface area (Å²) in [7, 11) is 0. The molecule has 3 rings (SSSR count). The molecule has 1 aromatic heterocycles. The first-order chi connectivity index (χ1) is 12.9. The highest BCUT2D eigenvalue weighted by Crippen LogP contribution is 2.19. The summed E-state index contributed by atoms with van der Waals surface area (Å²) in [4.78, 5) is 35.8. The number of hydrogen-bond donors (Lipinski definition) is 0. The topological polar surface area (TPSA) is 73.6 Å². The monoisotopic (exact) mass is 364 g/mol. The van der Waals surface area contributed by atoms with E-state index in [1.807, 2.05) is 38.1 Å². The number of ether oxygens (including phenoxy) is 1. The highest BCUT2D eigenvalue weighted by atomic mass is 16.5. The van der Waals surface area contributed by atoms with Crippen LogP contribution in [0.3, 0.4) is 0 Å². The fraction of sp³-hybridized carbons (Fsp3) is 0.227. The van der Waals surface area contributed by atoms with E-state index in [1.54, 1.807) is 18.2 Å². The molecular formula is C22H20O5. The number of Topliss-reactive ketones (excluding diaryl/α,β-unsaturated/α-hetero) is 1. The number of aryl methyl sites for hydroxylation is 2. The molecule has 0 amide bonds. The minimum absolute atomic E-state index is 0.00874. The molecule has 3 aromatic rings. The zero-order valence-electron chi connectivity index (χ0n) is 15.3. The Morgan fingerprint density at radius 1 is 0.926 bits per heavy atom. The van der Waals surface area contributed by atoms with Gasteiger partial charge in [0.05, 0.1) is 6.42 Å². The highest BCUT2D eigenvalue weighted by Gasteiger charge is 2.12. The van der Waals surface area contributed by atoms with Gasteiger partial charge in [0.15, 0.2) is 5.78 Å². The average molecular weight is 364 g/mol. The lowest BCUT2D eigenvalue weighted by Crippen LogP contribution is -2.10. The molecule has 0 spiro atoms. The van der Waals surface area contributed by atoms with Crippen LogP contribution in [0.5, 0.6) is 0 Å². The molecule has 0 bridgehead atoms. The maximum absolute atomic E-state index is 12.1. The Morgan fingerprint density at radius 3 is 2.37 bits per heavy atom. The summed E-state index contributed by atoms with van der Waals surface area (Å²) in [5.74, 6) is -0.586. The number of benzene rings is 2. The van der Waals surface area contributed by atoms with Crippen LogP contribution in [0.2, 0.25) is 0 Å². The third-order valence-corrected chi connectivity index (χ3v) is 4.30. The van der Waals surface area contributed by atoms with Crippen molar-refractivity contribution < 1.29 is 18.7 Å². The van der Waals surface area contributed by atoms with E-state index in [0.717, 1.165) is 16.5 Å². The van der Waals surface area contributed by atoms with E-state index in [9.17, 15) is 14.4 Å². The molecule has 0 saturated heterocycles. The molecule has 0 atom stereocenters. The molecule has 2 aromatic carbocycles. The van der Waals surface area contributed by atoms with Crippen molar-refractivity contribution in [2.75, 3.05) is 0 Å². The lowest BCUT2D eigenvalue weighted by molar-refractivity contribution is -0.144. The van der Waals surface area contributed by atoms with E-state index in [-0.39, 0.29) is 25.2 Å². The third kappa shape index (κ3) is 4.70. The van der Waals surface area contributed by atoms with Gasteiger partial charge in [0.1, 0.15) is 12.2 Å². The fourth-order valence-corrected chi connectivity index (χ4v) is 2.79. The maximum atomic E-state index is 12.1. The molecule has 0 radical (unpaired) electrons. The average Bonchev–Trinajstić information content (AvgIpc) is 2.64. The number of carbonyl (C=O) groups is 2. The summed E-state index contributed by atoms with van der Waals surface area (Å²) >= 11 is 0. The third-order valence-electron chi connectivity index (χ3n) is 4.30. The fourth-order valence-electron chi connectivity index (χ4n) is 2.79. The van der Waals surface area contributed by atoms with Crippen LogP contribution in [0.4, 0.5) is 0 Å². The Balaban J connectivity index is 1.61. The van der Waals surface area contributed by atoms with E-state index in [4.69, 9.17) is 9.15 Å². The number of ketones is 1. The molecule has 0 fully saturated rings. The lowest BCUT2D eigenvalue weighted by Gasteiger charge is -2.08. The summed E-state index contributed by atoms with van der Waals surface area (Å²) in [5.41, 5.74) is 3.17. The van der Waals surface area contributed by atoms with Crippen molar-refractivity contribution in [3.05, 3.63) is 81.2 Å². The van der Waals surface area contributed by atoms with Gasteiger partial charge in [0.2, 0.25) is 0 Å². The van der Waals surface area contributed by atoms with Crippen molar-refractivity contribution >= 4 is 22.7 Å². The Hall–Kier alpha value is -3.21. The van der Waals surface area contributed by atoms with Crippen LogP contribution >= 0.6 is 0 Å². The summed E-state index contributed by atoms with van der Waals surface area (Å²) in [6, 6.07) is 14.0. The van der Waals surface area contributed by atoms with Gasteiger partial charge in [-0.3, -0.25) is 9.59 Å². The number of esters is 1. The van der Waals surface area contributed by atoms with Crippen molar-refractivity contribution in [3.63, 3.8) is 0 Å². The van der Waals surface area contributed by atoms with Gasteiger partial charge >= 0.3 is 11.6 Å². The first-order valence-corrected chi connectivity index (χ1v) is 8.71. The van der Waals surface area contributed by atoms with Gasteiger partial charge in [-0.05, 0) is 25.5 Å². The smallest absolute Gasteiger partial charge is 0.336 e. The molecule has 0 aliphatic rings. The predicted octanol–water partition coefficient (Wildman–Crippen LogP) is 4.12. The molecule has 0 aliphatic heterocycles. The van der Waals surface area contributed by atoms with Gasteiger partial charge in [-0.15, -0.1) is 0 Å². The van der Waals surface area contributed by atoms with Crippen molar-refractivity contribution in [1.82, 2.24) is 0 Å². The molecule has 5 heteroatoms. The van der Waals surface area contributed by atoms with Gasteiger partial charge < -0.3 is 9.15 Å². The van der Waals surface area contributed by atoms with Crippen molar-refractivity contribution in [3.8, 4) is 0 Å². The summed E-state index contributed by atoms with van der Waals surface area (Å²) < 4.78 is 10.4. The number of hydrogen-bond acceptors (Lipinski definition) is 5. The molecule has 5 nitrogen and oxygen atoms in total. The van der Waals surface area contributed by atoms with E-state index in [2.05, 4.69) is 0 Å². The number of rotatable bonds is 6. The normalized spacial score (nSPS) is 10.7. The van der Waals surface area contributed by atoms with Gasteiger partial charge in [0, 0.05) is 29.0 Å². The first-order valence-electron chi connectivity index (χ1n) is 8.71. The second-order valence-corrected chi connectivity index (χ2v) is 6.54. The van der Waals surface area contributed by atoms with Crippen LogP contribution < -0.4 is 5.63 Å². The number of fused-ring (bicyclic) bond motifs is 1. The lowest BCUT2D eigenvalue weighted by atomic mass is 10.1. The highest BCUT2D eigenvalue weighted by molar-refractivity contribution is 5.97. The van der Waals surface area contributed by atoms with Gasteiger partial charge in [0.25, 0.3) is 0 Å². The van der Waals surface area contributed by atoms with Crippen LogP contribution in [0.1, 0.15) is 39.9 Å². The minimum Gasteiger partial charge on any atom is -0.461 e. The molecule has 138 valence electrons. The first kappa shape index (κ1) is 18.6. The number of carbonyl (C=O) groups excluding carboxylic acids is 2. The van der Waals surface area contributed by atoms with Crippen molar-refractivity contribution in [2.24, 2.45) is 0 Å². The molecular weight excluding hydrogens is 344 g/mol. The van der Waals surface area contributed by atoms with Crippen LogP contribution in [0.25, 0.3) is 11.0 Å². The Morgan fingerprint density at radius 2 is 1.63 bits per heavy atom. The van der Waals surface area contributed by atoms with Gasteiger partial charge in [-0.25, -0.2) is 4.79 Å². The standard InChI is InChI=1S/C22H20O5/c1-14-3-6-16(7-4-14)19(23)9-10-21(24)26-13-17-12-22(25)27-20-11-15(2)5-8-18(17)20/h3-8,11-12H,9-10,13H2,1-2H3. The molecule has 0 N–H and O–H groups in total. The van der Waals surface area contributed by atoms with E-state index in [0.29, 0.717) is 16.7 Å². The Bertz CT molecular complexity index is 1040. The zero-order chi connectivity index (χ0) is 19.4.